The van der Waals surface area contributed by atoms with Gasteiger partial charge in [0.25, 0.3) is 5.91 Å². The van der Waals surface area contributed by atoms with Gasteiger partial charge in [-0.1, -0.05) is 12.1 Å². The highest BCUT2D eigenvalue weighted by Crippen LogP contribution is 2.13. The Labute approximate surface area is 161 Å². The topological polar surface area (TPSA) is 125 Å². The molecule has 10 heteroatoms. The average Bonchev–Trinajstić information content (AvgIpc) is 2.68. The number of ether oxygens (including phenoxy) is 1. The molecule has 0 bridgehead atoms. The van der Waals surface area contributed by atoms with Crippen molar-refractivity contribution in [1.29, 1.82) is 5.26 Å². The third-order valence-electron chi connectivity index (χ3n) is 3.51. The smallest absolute Gasteiger partial charge is 0.321 e. The van der Waals surface area contributed by atoms with Crippen LogP contribution in [0, 0.1) is 17.1 Å². The van der Waals surface area contributed by atoms with Gasteiger partial charge < -0.3 is 10.1 Å². The molecule has 0 heterocycles. The molecule has 2 aromatic rings. The van der Waals surface area contributed by atoms with Crippen molar-refractivity contribution in [2.75, 3.05) is 11.9 Å². The lowest BCUT2D eigenvalue weighted by Gasteiger charge is -2.14. The zero-order valence-electron chi connectivity index (χ0n) is 14.7. The van der Waals surface area contributed by atoms with E-state index in [-0.39, 0.29) is 16.1 Å². The molecule has 1 amide bonds. The van der Waals surface area contributed by atoms with Crippen molar-refractivity contribution < 1.29 is 27.1 Å². The van der Waals surface area contributed by atoms with Crippen molar-refractivity contribution in [3.05, 3.63) is 59.9 Å². The van der Waals surface area contributed by atoms with E-state index in [0.29, 0.717) is 0 Å². The molecule has 146 valence electrons. The minimum absolute atomic E-state index is 0.0723. The number of para-hydroxylation sites is 1. The van der Waals surface area contributed by atoms with Crippen LogP contribution >= 0.6 is 0 Å². The Kier molecular flexibility index (Phi) is 6.81. The van der Waals surface area contributed by atoms with Crippen LogP contribution in [0.15, 0.2) is 53.4 Å². The van der Waals surface area contributed by atoms with Crippen LogP contribution in [0.3, 0.4) is 0 Å². The lowest BCUT2D eigenvalue weighted by molar-refractivity contribution is -0.151. The Balaban J connectivity index is 1.89. The first-order valence-electron chi connectivity index (χ1n) is 7.97. The van der Waals surface area contributed by atoms with E-state index < -0.39 is 40.4 Å². The summed E-state index contributed by atoms with van der Waals surface area (Å²) in [6.07, 6.45) is -1.27. The Morgan fingerprint density at radius 3 is 2.43 bits per heavy atom. The van der Waals surface area contributed by atoms with Crippen molar-refractivity contribution in [3.63, 3.8) is 0 Å². The molecule has 28 heavy (non-hydrogen) atoms. The van der Waals surface area contributed by atoms with Crippen molar-refractivity contribution in [1.82, 2.24) is 4.72 Å². The van der Waals surface area contributed by atoms with Crippen LogP contribution in [-0.4, -0.2) is 32.9 Å². The summed E-state index contributed by atoms with van der Waals surface area (Å²) in [4.78, 5) is 23.6. The highest BCUT2D eigenvalue weighted by Gasteiger charge is 2.21. The van der Waals surface area contributed by atoms with Crippen LogP contribution in [0.4, 0.5) is 10.1 Å². The lowest BCUT2D eigenvalue weighted by atomic mass is 10.2. The number of benzene rings is 2. The molecule has 0 saturated carbocycles. The fourth-order valence-electron chi connectivity index (χ4n) is 2.04. The highest BCUT2D eigenvalue weighted by atomic mass is 32.2. The molecule has 0 spiro atoms. The van der Waals surface area contributed by atoms with Gasteiger partial charge in [-0.2, -0.15) is 9.98 Å². The third kappa shape index (κ3) is 5.60. The number of hydrogen-bond donors (Lipinski definition) is 2. The minimum atomic E-state index is -4.00. The van der Waals surface area contributed by atoms with Gasteiger partial charge in [0.05, 0.1) is 22.2 Å². The zero-order valence-corrected chi connectivity index (χ0v) is 15.5. The number of esters is 1. The van der Waals surface area contributed by atoms with Crippen molar-refractivity contribution in [2.45, 2.75) is 17.9 Å². The predicted molar refractivity (Wildman–Crippen MR) is 96.9 cm³/mol. The minimum Gasteiger partial charge on any atom is -0.452 e. The van der Waals surface area contributed by atoms with Gasteiger partial charge in [-0.3, -0.25) is 9.59 Å². The van der Waals surface area contributed by atoms with Crippen LogP contribution in [0.2, 0.25) is 0 Å². The van der Waals surface area contributed by atoms with E-state index in [2.05, 4.69) is 5.32 Å². The molecule has 1 atom stereocenters. The van der Waals surface area contributed by atoms with Crippen molar-refractivity contribution >= 4 is 27.6 Å². The molecule has 0 fully saturated rings. The summed E-state index contributed by atoms with van der Waals surface area (Å²) in [6, 6.07) is 12.4. The van der Waals surface area contributed by atoms with Gasteiger partial charge in [-0.15, -0.1) is 0 Å². The maximum atomic E-state index is 13.5. The lowest BCUT2D eigenvalue weighted by Crippen LogP contribution is -2.36. The van der Waals surface area contributed by atoms with E-state index in [4.69, 9.17) is 10.00 Å². The number of amides is 1. The molecule has 0 aliphatic heterocycles. The van der Waals surface area contributed by atoms with E-state index in [9.17, 15) is 22.4 Å². The Morgan fingerprint density at radius 2 is 1.82 bits per heavy atom. The summed E-state index contributed by atoms with van der Waals surface area (Å²) >= 11 is 0. The first-order chi connectivity index (χ1) is 13.2. The molecule has 2 rings (SSSR count). The molecule has 0 radical (unpaired) electrons. The second-order valence-corrected chi connectivity index (χ2v) is 7.33. The average molecular weight is 405 g/mol. The van der Waals surface area contributed by atoms with Crippen LogP contribution in [0.1, 0.15) is 12.5 Å². The maximum Gasteiger partial charge on any atom is 0.321 e. The molecule has 0 aliphatic rings. The summed E-state index contributed by atoms with van der Waals surface area (Å²) < 4.78 is 44.6. The van der Waals surface area contributed by atoms with Crippen molar-refractivity contribution in [3.8, 4) is 6.07 Å². The second kappa shape index (κ2) is 9.07. The number of halogens is 1. The molecule has 8 nitrogen and oxygen atoms in total. The normalized spacial score (nSPS) is 11.9. The van der Waals surface area contributed by atoms with Crippen molar-refractivity contribution in [2.24, 2.45) is 0 Å². The number of carbonyl (C=O) groups is 2. The molecule has 2 aromatic carbocycles. The van der Waals surface area contributed by atoms with Gasteiger partial charge in [-0.25, -0.2) is 12.8 Å². The predicted octanol–water partition coefficient (Wildman–Crippen LogP) is 1.55. The van der Waals surface area contributed by atoms with E-state index in [0.717, 1.165) is 6.07 Å². The highest BCUT2D eigenvalue weighted by molar-refractivity contribution is 7.89. The summed E-state index contributed by atoms with van der Waals surface area (Å²) in [5.74, 6) is -2.41. The van der Waals surface area contributed by atoms with E-state index in [1.54, 1.807) is 0 Å². The SMILES string of the molecule is C[C@@H](OC(=O)CNS(=O)(=O)c1ccc(C#N)cc1)C(=O)Nc1ccccc1F. The Hall–Kier alpha value is -3.29. The van der Waals surface area contributed by atoms with Crippen LogP contribution < -0.4 is 10.0 Å². The second-order valence-electron chi connectivity index (χ2n) is 5.56. The monoisotopic (exact) mass is 405 g/mol. The number of nitrogens with zero attached hydrogens (tertiary/aromatic N) is 1. The molecule has 0 saturated heterocycles. The summed E-state index contributed by atoms with van der Waals surface area (Å²) in [7, 11) is -4.00. The maximum absolute atomic E-state index is 13.5. The number of rotatable bonds is 7. The number of hydrogen-bond acceptors (Lipinski definition) is 6. The largest absolute Gasteiger partial charge is 0.452 e. The van der Waals surface area contributed by atoms with Gasteiger partial charge in [-0.05, 0) is 43.3 Å². The van der Waals surface area contributed by atoms with Gasteiger partial charge in [0.2, 0.25) is 10.0 Å². The zero-order chi connectivity index (χ0) is 20.7. The molecular weight excluding hydrogens is 389 g/mol. The van der Waals surface area contributed by atoms with Crippen LogP contribution in [0.25, 0.3) is 0 Å². The molecular formula is C18H16FN3O5S. The fourth-order valence-corrected chi connectivity index (χ4v) is 3.00. The molecule has 2 N–H and O–H groups in total. The molecule has 0 unspecified atom stereocenters. The number of carbonyl (C=O) groups excluding carboxylic acids is 2. The number of nitriles is 1. The van der Waals surface area contributed by atoms with Gasteiger partial charge in [0.1, 0.15) is 12.4 Å². The number of nitrogens with one attached hydrogen (secondary N) is 2. The standard InChI is InChI=1S/C18H16FN3O5S/c1-12(18(24)22-16-5-3-2-4-15(16)19)27-17(23)11-21-28(25,26)14-8-6-13(10-20)7-9-14/h2-9,12,21H,11H2,1H3,(H,22,24)/t12-/m1/s1. The first-order valence-corrected chi connectivity index (χ1v) is 9.46. The van der Waals surface area contributed by atoms with E-state index in [1.807, 2.05) is 10.8 Å². The molecule has 0 aromatic heterocycles. The summed E-state index contributed by atoms with van der Waals surface area (Å²) in [6.45, 7) is 0.558. The quantitative estimate of drug-likeness (QED) is 0.673. The number of anilines is 1. The first kappa shape index (κ1) is 21.0. The summed E-state index contributed by atoms with van der Waals surface area (Å²) in [5, 5.41) is 11.0. The Bertz CT molecular complexity index is 1020. The van der Waals surface area contributed by atoms with Crippen LogP contribution in [-0.2, 0) is 24.3 Å². The summed E-state index contributed by atoms with van der Waals surface area (Å²) in [5.41, 5.74) is 0.213. The number of sulfonamides is 1. The van der Waals surface area contributed by atoms with Crippen LogP contribution in [0.5, 0.6) is 0 Å². The third-order valence-corrected chi connectivity index (χ3v) is 4.93. The van der Waals surface area contributed by atoms with Gasteiger partial charge in [0.15, 0.2) is 6.10 Å². The van der Waals surface area contributed by atoms with Gasteiger partial charge >= 0.3 is 5.97 Å². The van der Waals surface area contributed by atoms with E-state index in [1.165, 1.54) is 49.4 Å². The Morgan fingerprint density at radius 1 is 1.18 bits per heavy atom. The molecule has 0 aliphatic carbocycles. The fraction of sp³-hybridized carbons (Fsp3) is 0.167. The van der Waals surface area contributed by atoms with E-state index >= 15 is 0 Å². The van der Waals surface area contributed by atoms with Gasteiger partial charge in [0, 0.05) is 0 Å².